The number of nitrogens with zero attached hydrogens (tertiary/aromatic N) is 1. The molecule has 3 aromatic rings. The Bertz CT molecular complexity index is 1380. The first kappa shape index (κ1) is 26.6. The number of hydrogen-bond acceptors (Lipinski definition) is 6. The topological polar surface area (TPSA) is 85.3 Å². The Kier molecular flexibility index (Phi) is 7.34. The van der Waals surface area contributed by atoms with Gasteiger partial charge in [-0.2, -0.15) is 0 Å². The van der Waals surface area contributed by atoms with Crippen LogP contribution in [0, 0.1) is 0 Å². The van der Waals surface area contributed by atoms with Crippen LogP contribution < -0.4 is 19.1 Å². The Morgan fingerprint density at radius 1 is 0.921 bits per heavy atom. The van der Waals surface area contributed by atoms with E-state index in [1.54, 1.807) is 48.5 Å². The quantitative estimate of drug-likeness (QED) is 0.230. The molecule has 4 rings (SSSR count). The largest absolute Gasteiger partial charge is 0.573 e. The molecule has 38 heavy (non-hydrogen) atoms. The van der Waals surface area contributed by atoms with Gasteiger partial charge < -0.3 is 19.3 Å². The Hall–Kier alpha value is -4.47. The Balaban J connectivity index is 1.86. The van der Waals surface area contributed by atoms with Crippen molar-refractivity contribution < 1.29 is 42.1 Å². The third kappa shape index (κ3) is 5.59. The summed E-state index contributed by atoms with van der Waals surface area (Å²) in [5.41, 5.74) is 0.629. The molecule has 7 nitrogen and oxygen atoms in total. The molecular formula is C28H24F3NO6. The smallest absolute Gasteiger partial charge is 0.507 e. The maximum atomic E-state index is 13.3. The third-order valence-corrected chi connectivity index (χ3v) is 5.68. The molecule has 1 N–H and O–H groups in total. The van der Waals surface area contributed by atoms with E-state index in [0.29, 0.717) is 17.1 Å². The van der Waals surface area contributed by atoms with Crippen molar-refractivity contribution >= 4 is 23.1 Å². The second-order valence-electron chi connectivity index (χ2n) is 8.68. The molecule has 0 radical (unpaired) electrons. The van der Waals surface area contributed by atoms with E-state index in [-0.39, 0.29) is 22.9 Å². The number of carbonyl (C=O) groups excluding carboxylic acids is 2. The second kappa shape index (κ2) is 10.5. The van der Waals surface area contributed by atoms with Gasteiger partial charge in [0.05, 0.1) is 24.8 Å². The van der Waals surface area contributed by atoms with E-state index in [4.69, 9.17) is 9.47 Å². The van der Waals surface area contributed by atoms with E-state index < -0.39 is 35.6 Å². The predicted octanol–water partition coefficient (Wildman–Crippen LogP) is 6.01. The van der Waals surface area contributed by atoms with Crippen LogP contribution >= 0.6 is 0 Å². The molecule has 1 aliphatic heterocycles. The number of aliphatic hydroxyl groups excluding tert-OH is 1. The van der Waals surface area contributed by atoms with Gasteiger partial charge in [-0.1, -0.05) is 24.3 Å². The number of rotatable bonds is 7. The summed E-state index contributed by atoms with van der Waals surface area (Å²) in [6.07, 6.45) is -5.03. The number of methoxy groups -OCH3 is 1. The summed E-state index contributed by atoms with van der Waals surface area (Å²) in [5.74, 6) is -1.94. The Morgan fingerprint density at radius 2 is 1.58 bits per heavy atom. The van der Waals surface area contributed by atoms with E-state index in [1.165, 1.54) is 19.2 Å². The van der Waals surface area contributed by atoms with Crippen molar-refractivity contribution in [1.29, 1.82) is 0 Å². The zero-order valence-corrected chi connectivity index (χ0v) is 20.7. The van der Waals surface area contributed by atoms with Crippen molar-refractivity contribution in [3.05, 3.63) is 89.5 Å². The molecule has 1 saturated heterocycles. The first-order chi connectivity index (χ1) is 18.0. The molecule has 198 valence electrons. The van der Waals surface area contributed by atoms with Crippen molar-refractivity contribution in [3.8, 4) is 17.2 Å². The fourth-order valence-corrected chi connectivity index (χ4v) is 4.18. The molecule has 10 heteroatoms. The van der Waals surface area contributed by atoms with Crippen LogP contribution in [0.5, 0.6) is 17.2 Å². The number of ether oxygens (including phenoxy) is 3. The summed E-state index contributed by atoms with van der Waals surface area (Å²) in [6, 6.07) is 16.5. The lowest BCUT2D eigenvalue weighted by Crippen LogP contribution is -2.29. The lowest BCUT2D eigenvalue weighted by Gasteiger charge is -2.26. The maximum absolute atomic E-state index is 13.3. The molecule has 0 aliphatic carbocycles. The highest BCUT2D eigenvalue weighted by atomic mass is 19.4. The predicted molar refractivity (Wildman–Crippen MR) is 133 cm³/mol. The zero-order valence-electron chi connectivity index (χ0n) is 20.7. The van der Waals surface area contributed by atoms with Gasteiger partial charge in [0.2, 0.25) is 0 Å². The lowest BCUT2D eigenvalue weighted by molar-refractivity contribution is -0.274. The Labute approximate surface area is 216 Å². The average molecular weight is 527 g/mol. The van der Waals surface area contributed by atoms with Gasteiger partial charge in [0.25, 0.3) is 11.7 Å². The number of aliphatic hydroxyl groups is 1. The van der Waals surface area contributed by atoms with E-state index in [0.717, 1.165) is 17.0 Å². The fourth-order valence-electron chi connectivity index (χ4n) is 4.18. The van der Waals surface area contributed by atoms with Crippen molar-refractivity contribution in [2.24, 2.45) is 0 Å². The number of benzene rings is 3. The maximum Gasteiger partial charge on any atom is 0.573 e. The highest BCUT2D eigenvalue weighted by Crippen LogP contribution is 2.43. The SMILES string of the molecule is COc1cccc(C2/C(=C(/O)c3cccc(OC(C)C)c3)C(=O)C(=O)N2c2ccc(OC(F)(F)F)cc2)c1. The van der Waals surface area contributed by atoms with Crippen LogP contribution in [0.2, 0.25) is 0 Å². The highest BCUT2D eigenvalue weighted by Gasteiger charge is 2.47. The van der Waals surface area contributed by atoms with Gasteiger partial charge in [0.1, 0.15) is 23.0 Å². The van der Waals surface area contributed by atoms with E-state index in [1.807, 2.05) is 13.8 Å². The summed E-state index contributed by atoms with van der Waals surface area (Å²) >= 11 is 0. The first-order valence-corrected chi connectivity index (χ1v) is 11.6. The molecule has 1 fully saturated rings. The number of Topliss-reactive ketones (excluding diaryl/α,β-unsaturated/α-hetero) is 1. The molecule has 1 amide bonds. The zero-order chi connectivity index (χ0) is 27.6. The summed E-state index contributed by atoms with van der Waals surface area (Å²) in [4.78, 5) is 27.7. The molecule has 1 atom stereocenters. The molecule has 0 bridgehead atoms. The fraction of sp³-hybridized carbons (Fsp3) is 0.214. The van der Waals surface area contributed by atoms with Crippen molar-refractivity contribution in [3.63, 3.8) is 0 Å². The van der Waals surface area contributed by atoms with Gasteiger partial charge in [-0.25, -0.2) is 0 Å². The minimum atomic E-state index is -4.89. The summed E-state index contributed by atoms with van der Waals surface area (Å²) in [7, 11) is 1.45. The molecule has 0 aromatic heterocycles. The molecule has 1 aliphatic rings. The monoisotopic (exact) mass is 527 g/mol. The van der Waals surface area contributed by atoms with Gasteiger partial charge in [-0.3, -0.25) is 14.5 Å². The van der Waals surface area contributed by atoms with Gasteiger partial charge >= 0.3 is 6.36 Å². The summed E-state index contributed by atoms with van der Waals surface area (Å²) in [6.45, 7) is 3.68. The normalized spacial score (nSPS) is 17.1. The van der Waals surface area contributed by atoms with Crippen molar-refractivity contribution in [2.45, 2.75) is 32.4 Å². The summed E-state index contributed by atoms with van der Waals surface area (Å²) in [5, 5.41) is 11.3. The van der Waals surface area contributed by atoms with Crippen molar-refractivity contribution in [2.75, 3.05) is 12.0 Å². The van der Waals surface area contributed by atoms with Gasteiger partial charge in [-0.05, 0) is 67.9 Å². The van der Waals surface area contributed by atoms with Gasteiger partial charge in [0.15, 0.2) is 0 Å². The van der Waals surface area contributed by atoms with Crippen LogP contribution in [-0.4, -0.2) is 36.4 Å². The van der Waals surface area contributed by atoms with E-state index in [9.17, 15) is 27.9 Å². The van der Waals surface area contributed by atoms with Gasteiger partial charge in [0, 0.05) is 11.3 Å². The third-order valence-electron chi connectivity index (χ3n) is 5.68. The number of ketones is 1. The number of alkyl halides is 3. The molecule has 1 heterocycles. The van der Waals surface area contributed by atoms with Crippen LogP contribution in [0.3, 0.4) is 0 Å². The number of carbonyl (C=O) groups is 2. The highest BCUT2D eigenvalue weighted by molar-refractivity contribution is 6.51. The second-order valence-corrected chi connectivity index (χ2v) is 8.68. The minimum Gasteiger partial charge on any atom is -0.507 e. The van der Waals surface area contributed by atoms with Crippen LogP contribution in [0.4, 0.5) is 18.9 Å². The van der Waals surface area contributed by atoms with Gasteiger partial charge in [-0.15, -0.1) is 13.2 Å². The summed E-state index contributed by atoms with van der Waals surface area (Å²) < 4.78 is 52.8. The lowest BCUT2D eigenvalue weighted by atomic mass is 9.95. The average Bonchev–Trinajstić information content (AvgIpc) is 3.13. The van der Waals surface area contributed by atoms with E-state index >= 15 is 0 Å². The molecule has 0 saturated carbocycles. The van der Waals surface area contributed by atoms with E-state index in [2.05, 4.69) is 4.74 Å². The van der Waals surface area contributed by atoms with Crippen LogP contribution in [-0.2, 0) is 9.59 Å². The van der Waals surface area contributed by atoms with Crippen molar-refractivity contribution in [1.82, 2.24) is 0 Å². The number of halogens is 3. The molecule has 1 unspecified atom stereocenters. The molecule has 0 spiro atoms. The minimum absolute atomic E-state index is 0.130. The number of amides is 1. The van der Waals surface area contributed by atoms with Crippen LogP contribution in [0.1, 0.15) is 31.0 Å². The first-order valence-electron chi connectivity index (χ1n) is 11.6. The van der Waals surface area contributed by atoms with Crippen LogP contribution in [0.15, 0.2) is 78.4 Å². The number of anilines is 1. The molecular weight excluding hydrogens is 503 g/mol. The Morgan fingerprint density at radius 3 is 2.21 bits per heavy atom. The van der Waals surface area contributed by atoms with Crippen LogP contribution in [0.25, 0.3) is 5.76 Å². The number of hydrogen-bond donors (Lipinski definition) is 1. The molecule has 3 aromatic carbocycles. The standard InChI is InChI=1S/C28H24F3NO6/c1-16(2)37-22-9-5-7-18(15-22)25(33)23-24(17-6-4-8-21(14-17)36-3)32(27(35)26(23)34)19-10-12-20(13-11-19)38-28(29,30)31/h4-16,24,33H,1-3H3/b25-23-.